The molecule has 0 aliphatic carbocycles. The third-order valence-electron chi connectivity index (χ3n) is 3.61. The number of alkyl halides is 4. The molecule has 1 fully saturated rings. The van der Waals surface area contributed by atoms with Crippen LogP contribution < -0.4 is 0 Å². The number of benzene rings is 1. The van der Waals surface area contributed by atoms with Crippen LogP contribution in [0.2, 0.25) is 0 Å². The van der Waals surface area contributed by atoms with Crippen LogP contribution in [-0.4, -0.2) is 28.7 Å². The molecular formula is C14H14Br2F3NO. The van der Waals surface area contributed by atoms with Gasteiger partial charge in [-0.15, -0.1) is 0 Å². The van der Waals surface area contributed by atoms with Crippen molar-refractivity contribution in [1.82, 2.24) is 4.90 Å². The SMILES string of the molecule is CC1CN(C(=O)c2ccc(Br)cc2C(F)(F)F)CCC1Br. The van der Waals surface area contributed by atoms with Crippen LogP contribution in [0.1, 0.15) is 29.3 Å². The molecule has 1 amide bonds. The van der Waals surface area contributed by atoms with Gasteiger partial charge in [-0.2, -0.15) is 13.2 Å². The first-order valence-electron chi connectivity index (χ1n) is 6.50. The number of amides is 1. The maximum absolute atomic E-state index is 13.1. The largest absolute Gasteiger partial charge is 0.417 e. The average molecular weight is 429 g/mol. The van der Waals surface area contributed by atoms with Crippen molar-refractivity contribution in [2.45, 2.75) is 24.3 Å². The van der Waals surface area contributed by atoms with Crippen LogP contribution in [-0.2, 0) is 6.18 Å². The fraction of sp³-hybridized carbons (Fsp3) is 0.500. The number of carbonyl (C=O) groups excluding carboxylic acids is 1. The monoisotopic (exact) mass is 427 g/mol. The Labute approximate surface area is 137 Å². The molecule has 1 aromatic carbocycles. The van der Waals surface area contributed by atoms with E-state index in [1.165, 1.54) is 17.0 Å². The lowest BCUT2D eigenvalue weighted by Gasteiger charge is -2.34. The van der Waals surface area contributed by atoms with Crippen molar-refractivity contribution in [3.05, 3.63) is 33.8 Å². The highest BCUT2D eigenvalue weighted by Gasteiger charge is 2.37. The molecular weight excluding hydrogens is 415 g/mol. The predicted octanol–water partition coefficient (Wildman–Crippen LogP) is 4.71. The second-order valence-corrected chi connectivity index (χ2v) is 7.31. The van der Waals surface area contributed by atoms with Crippen molar-refractivity contribution in [3.8, 4) is 0 Å². The summed E-state index contributed by atoms with van der Waals surface area (Å²) < 4.78 is 39.6. The number of likely N-dealkylation sites (tertiary alicyclic amines) is 1. The van der Waals surface area contributed by atoms with Crippen molar-refractivity contribution in [2.24, 2.45) is 5.92 Å². The molecule has 0 N–H and O–H groups in total. The van der Waals surface area contributed by atoms with E-state index >= 15 is 0 Å². The lowest BCUT2D eigenvalue weighted by molar-refractivity contribution is -0.138. The Bertz CT molecular complexity index is 548. The van der Waals surface area contributed by atoms with Gasteiger partial charge >= 0.3 is 6.18 Å². The zero-order chi connectivity index (χ0) is 15.8. The van der Waals surface area contributed by atoms with Crippen LogP contribution in [0.3, 0.4) is 0 Å². The van der Waals surface area contributed by atoms with Crippen LogP contribution in [0.15, 0.2) is 22.7 Å². The molecule has 0 radical (unpaired) electrons. The van der Waals surface area contributed by atoms with E-state index in [1.54, 1.807) is 0 Å². The Morgan fingerprint density at radius 3 is 2.62 bits per heavy atom. The second kappa shape index (κ2) is 6.28. The van der Waals surface area contributed by atoms with Crippen LogP contribution in [0.5, 0.6) is 0 Å². The summed E-state index contributed by atoms with van der Waals surface area (Å²) in [7, 11) is 0. The second-order valence-electron chi connectivity index (χ2n) is 5.22. The number of hydrogen-bond acceptors (Lipinski definition) is 1. The smallest absolute Gasteiger partial charge is 0.338 e. The summed E-state index contributed by atoms with van der Waals surface area (Å²) in [5, 5.41) is 0. The van der Waals surface area contributed by atoms with E-state index in [1.807, 2.05) is 6.92 Å². The Morgan fingerprint density at radius 1 is 1.38 bits per heavy atom. The predicted molar refractivity (Wildman–Crippen MR) is 81.5 cm³/mol. The first-order valence-corrected chi connectivity index (χ1v) is 8.21. The quantitative estimate of drug-likeness (QED) is 0.593. The first kappa shape index (κ1) is 16.8. The minimum atomic E-state index is -4.55. The number of carbonyl (C=O) groups is 1. The average Bonchev–Trinajstić information content (AvgIpc) is 2.40. The van der Waals surface area contributed by atoms with Gasteiger partial charge in [0.15, 0.2) is 0 Å². The van der Waals surface area contributed by atoms with Crippen LogP contribution in [0.25, 0.3) is 0 Å². The number of hydrogen-bond donors (Lipinski definition) is 0. The van der Waals surface area contributed by atoms with Crippen molar-refractivity contribution in [1.29, 1.82) is 0 Å². The first-order chi connectivity index (χ1) is 9.70. The van der Waals surface area contributed by atoms with Crippen molar-refractivity contribution in [2.75, 3.05) is 13.1 Å². The highest BCUT2D eigenvalue weighted by Crippen LogP contribution is 2.35. The summed E-state index contributed by atoms with van der Waals surface area (Å²) in [4.78, 5) is 14.2. The van der Waals surface area contributed by atoms with E-state index in [9.17, 15) is 18.0 Å². The van der Waals surface area contributed by atoms with E-state index in [-0.39, 0.29) is 11.5 Å². The lowest BCUT2D eigenvalue weighted by atomic mass is 9.98. The standard InChI is InChI=1S/C14H14Br2F3NO/c1-8-7-20(5-4-12(8)16)13(21)10-3-2-9(15)6-11(10)14(17,18)19/h2-3,6,8,12H,4-5,7H2,1H3. The molecule has 2 rings (SSSR count). The maximum atomic E-state index is 13.1. The van der Waals surface area contributed by atoms with Gasteiger partial charge in [-0.3, -0.25) is 4.79 Å². The molecule has 2 unspecified atom stereocenters. The Kier molecular flexibility index (Phi) is 5.03. The minimum Gasteiger partial charge on any atom is -0.338 e. The normalized spacial score (nSPS) is 23.2. The van der Waals surface area contributed by atoms with Crippen LogP contribution >= 0.6 is 31.9 Å². The number of nitrogens with zero attached hydrogens (tertiary/aromatic N) is 1. The summed E-state index contributed by atoms with van der Waals surface area (Å²) >= 11 is 6.54. The molecule has 21 heavy (non-hydrogen) atoms. The van der Waals surface area contributed by atoms with Gasteiger partial charge in [0.25, 0.3) is 5.91 Å². The Balaban J connectivity index is 2.32. The fourth-order valence-electron chi connectivity index (χ4n) is 2.41. The maximum Gasteiger partial charge on any atom is 0.417 e. The van der Waals surface area contributed by atoms with Gasteiger partial charge in [-0.05, 0) is 30.5 Å². The van der Waals surface area contributed by atoms with Gasteiger partial charge in [0, 0.05) is 22.4 Å². The molecule has 1 saturated heterocycles. The van der Waals surface area contributed by atoms with Gasteiger partial charge in [0.2, 0.25) is 0 Å². The van der Waals surface area contributed by atoms with Crippen molar-refractivity contribution >= 4 is 37.8 Å². The summed E-state index contributed by atoms with van der Waals surface area (Å²) in [5.74, 6) is -0.339. The van der Waals surface area contributed by atoms with E-state index in [0.29, 0.717) is 22.4 Å². The highest BCUT2D eigenvalue weighted by atomic mass is 79.9. The van der Waals surface area contributed by atoms with Crippen LogP contribution in [0, 0.1) is 5.92 Å². The fourth-order valence-corrected chi connectivity index (χ4v) is 3.14. The molecule has 7 heteroatoms. The van der Waals surface area contributed by atoms with Gasteiger partial charge in [-0.1, -0.05) is 38.8 Å². The number of rotatable bonds is 1. The zero-order valence-electron chi connectivity index (χ0n) is 11.3. The summed E-state index contributed by atoms with van der Waals surface area (Å²) in [6.45, 7) is 2.90. The summed E-state index contributed by atoms with van der Waals surface area (Å²) in [5.41, 5.74) is -1.18. The summed E-state index contributed by atoms with van der Waals surface area (Å²) in [6, 6.07) is 3.65. The third kappa shape index (κ3) is 3.80. The van der Waals surface area contributed by atoms with Gasteiger partial charge in [0.1, 0.15) is 0 Å². The lowest BCUT2D eigenvalue weighted by Crippen LogP contribution is -2.43. The molecule has 2 atom stereocenters. The van der Waals surface area contributed by atoms with E-state index in [0.717, 1.165) is 12.5 Å². The highest BCUT2D eigenvalue weighted by molar-refractivity contribution is 9.10. The van der Waals surface area contributed by atoms with Crippen molar-refractivity contribution < 1.29 is 18.0 Å². The van der Waals surface area contributed by atoms with E-state index < -0.39 is 17.6 Å². The topological polar surface area (TPSA) is 20.3 Å². The molecule has 0 aromatic heterocycles. The molecule has 0 saturated carbocycles. The van der Waals surface area contributed by atoms with E-state index in [4.69, 9.17) is 0 Å². The molecule has 0 bridgehead atoms. The molecule has 1 heterocycles. The van der Waals surface area contributed by atoms with Gasteiger partial charge < -0.3 is 4.90 Å². The van der Waals surface area contributed by atoms with Gasteiger partial charge in [-0.25, -0.2) is 0 Å². The molecule has 2 nitrogen and oxygen atoms in total. The molecule has 116 valence electrons. The van der Waals surface area contributed by atoms with Crippen LogP contribution in [0.4, 0.5) is 13.2 Å². The van der Waals surface area contributed by atoms with E-state index in [2.05, 4.69) is 31.9 Å². The van der Waals surface area contributed by atoms with Crippen molar-refractivity contribution in [3.63, 3.8) is 0 Å². The molecule has 0 spiro atoms. The number of piperidine rings is 1. The third-order valence-corrected chi connectivity index (χ3v) is 5.46. The Hall–Kier alpha value is -0.560. The number of halogens is 5. The minimum absolute atomic E-state index is 0.215. The summed E-state index contributed by atoms with van der Waals surface area (Å²) in [6.07, 6.45) is -3.81. The van der Waals surface area contributed by atoms with Gasteiger partial charge in [0.05, 0.1) is 11.1 Å². The molecule has 1 aliphatic heterocycles. The molecule has 1 aliphatic rings. The zero-order valence-corrected chi connectivity index (χ0v) is 14.4. The molecule has 1 aromatic rings. The Morgan fingerprint density at radius 2 is 2.05 bits per heavy atom.